The Morgan fingerprint density at radius 3 is 2.26 bits per heavy atom. The van der Waals surface area contributed by atoms with Crippen LogP contribution in [0.25, 0.3) is 11.1 Å². The van der Waals surface area contributed by atoms with Crippen molar-refractivity contribution in [2.45, 2.75) is 12.8 Å². The van der Waals surface area contributed by atoms with Crippen molar-refractivity contribution in [3.63, 3.8) is 0 Å². The fourth-order valence-corrected chi connectivity index (χ4v) is 2.52. The van der Waals surface area contributed by atoms with Gasteiger partial charge >= 0.3 is 0 Å². The van der Waals surface area contributed by atoms with Crippen LogP contribution in [-0.4, -0.2) is 23.8 Å². The molecule has 0 spiro atoms. The predicted molar refractivity (Wildman–Crippen MR) is 77.3 cm³/mol. The maximum Gasteiger partial charge on any atom is 0.187 e. The molecule has 0 aromatic rings. The van der Waals surface area contributed by atoms with Crippen LogP contribution in [0, 0.1) is 0 Å². The van der Waals surface area contributed by atoms with Crippen LogP contribution in [0.1, 0.15) is 23.2 Å². The second kappa shape index (κ2) is 5.27. The van der Waals surface area contributed by atoms with Crippen molar-refractivity contribution in [1.29, 1.82) is 0 Å². The third-order valence-electron chi connectivity index (χ3n) is 3.59. The summed E-state index contributed by atoms with van der Waals surface area (Å²) < 4.78 is 0. The van der Waals surface area contributed by atoms with Crippen molar-refractivity contribution in [2.24, 2.45) is 0 Å². The maximum absolute atomic E-state index is 12.1. The second-order valence-electron chi connectivity index (χ2n) is 4.99. The number of hydrogen-bond donors (Lipinski definition) is 0. The molecular formula is C17H17NO. The third kappa shape index (κ3) is 2.68. The first-order valence-corrected chi connectivity index (χ1v) is 6.78. The molecule has 1 saturated heterocycles. The molecule has 2 heteroatoms. The number of ketones is 1. The molecule has 3 rings (SSSR count). The lowest BCUT2D eigenvalue weighted by Crippen LogP contribution is -2.11. The topological polar surface area (TPSA) is 20.3 Å². The monoisotopic (exact) mass is 251 g/mol. The lowest BCUT2D eigenvalue weighted by molar-refractivity contribution is 0.104. The van der Waals surface area contributed by atoms with Gasteiger partial charge in [-0.15, -0.1) is 0 Å². The molecule has 0 N–H and O–H groups in total. The van der Waals surface area contributed by atoms with Gasteiger partial charge in [-0.05, 0) is 36.1 Å². The molecule has 0 saturated carbocycles. The van der Waals surface area contributed by atoms with E-state index >= 15 is 0 Å². The Morgan fingerprint density at radius 1 is 1.00 bits per heavy atom. The van der Waals surface area contributed by atoms with Gasteiger partial charge in [-0.2, -0.15) is 0 Å². The Hall–Kier alpha value is -2.09. The summed E-state index contributed by atoms with van der Waals surface area (Å²) in [4.78, 5) is 14.3. The molecule has 3 aliphatic rings. The molecule has 0 bridgehead atoms. The number of hydrogen-bond acceptors (Lipinski definition) is 2. The van der Waals surface area contributed by atoms with Gasteiger partial charge in [-0.1, -0.05) is 30.3 Å². The van der Waals surface area contributed by atoms with Crippen LogP contribution in [0.5, 0.6) is 0 Å². The number of nitrogens with zero attached hydrogens (tertiary/aromatic N) is 1. The Morgan fingerprint density at radius 2 is 1.63 bits per heavy atom. The maximum atomic E-state index is 12.1. The van der Waals surface area contributed by atoms with Crippen molar-refractivity contribution in [3.05, 3.63) is 60.3 Å². The van der Waals surface area contributed by atoms with Gasteiger partial charge in [0.25, 0.3) is 0 Å². The van der Waals surface area contributed by atoms with Gasteiger partial charge in [0.2, 0.25) is 0 Å². The van der Waals surface area contributed by atoms with Crippen LogP contribution in [0.4, 0.5) is 0 Å². The number of carbonyl (C=O) groups excluding carboxylic acids is 1. The van der Waals surface area contributed by atoms with Crippen LogP contribution in [0.3, 0.4) is 0 Å². The zero-order valence-electron chi connectivity index (χ0n) is 10.9. The smallest absolute Gasteiger partial charge is 0.187 e. The molecule has 0 aromatic carbocycles. The standard InChI is InChI=1S/C17H17NO/c19-17(8-11-18-9-4-5-10-18)16-12-14-6-2-1-3-7-15(14)13-16/h1-3,6-8,11-13H,4-5,9-10H2/b11-8+. The fraction of sp³-hybridized carbons (Fsp3) is 0.235. The highest BCUT2D eigenvalue weighted by Gasteiger charge is 2.11. The van der Waals surface area contributed by atoms with Crippen LogP contribution >= 0.6 is 0 Å². The highest BCUT2D eigenvalue weighted by Crippen LogP contribution is 2.25. The van der Waals surface area contributed by atoms with E-state index < -0.39 is 0 Å². The van der Waals surface area contributed by atoms with Crippen LogP contribution in [-0.2, 0) is 0 Å². The molecule has 96 valence electrons. The summed E-state index contributed by atoms with van der Waals surface area (Å²) >= 11 is 0. The molecular weight excluding hydrogens is 234 g/mol. The molecule has 1 heterocycles. The van der Waals surface area contributed by atoms with E-state index in [9.17, 15) is 4.79 Å². The van der Waals surface area contributed by atoms with Gasteiger partial charge < -0.3 is 4.90 Å². The van der Waals surface area contributed by atoms with Crippen molar-refractivity contribution >= 4 is 5.78 Å². The summed E-state index contributed by atoms with van der Waals surface area (Å²) in [6.07, 6.45) is 6.09. The summed E-state index contributed by atoms with van der Waals surface area (Å²) in [7, 11) is 0. The van der Waals surface area contributed by atoms with E-state index in [1.54, 1.807) is 6.08 Å². The van der Waals surface area contributed by atoms with Gasteiger partial charge in [0.05, 0.1) is 0 Å². The molecule has 2 nitrogen and oxygen atoms in total. The summed E-state index contributed by atoms with van der Waals surface area (Å²) in [5.74, 6) is 0.0887. The Balaban J connectivity index is 1.80. The quantitative estimate of drug-likeness (QED) is 0.614. The molecule has 1 fully saturated rings. The minimum atomic E-state index is 0.0887. The van der Waals surface area contributed by atoms with Crippen molar-refractivity contribution in [1.82, 2.24) is 4.90 Å². The van der Waals surface area contributed by atoms with Crippen LogP contribution in [0.15, 0.2) is 54.7 Å². The van der Waals surface area contributed by atoms with Gasteiger partial charge in [0.15, 0.2) is 5.78 Å². The highest BCUT2D eigenvalue weighted by atomic mass is 16.1. The van der Waals surface area contributed by atoms with Crippen molar-refractivity contribution in [3.8, 4) is 11.1 Å². The molecule has 2 aliphatic carbocycles. The highest BCUT2D eigenvalue weighted by molar-refractivity contribution is 6.06. The molecule has 1 aliphatic heterocycles. The largest absolute Gasteiger partial charge is 0.377 e. The van der Waals surface area contributed by atoms with Gasteiger partial charge in [0, 0.05) is 30.9 Å². The lowest BCUT2D eigenvalue weighted by Gasteiger charge is -2.09. The Bertz CT molecular complexity index is 551. The van der Waals surface area contributed by atoms with Crippen molar-refractivity contribution < 1.29 is 4.79 Å². The molecule has 0 unspecified atom stereocenters. The fourth-order valence-electron chi connectivity index (χ4n) is 2.52. The first-order valence-electron chi connectivity index (χ1n) is 6.78. The predicted octanol–water partition coefficient (Wildman–Crippen LogP) is 3.58. The van der Waals surface area contributed by atoms with Gasteiger partial charge in [0.1, 0.15) is 0 Å². The summed E-state index contributed by atoms with van der Waals surface area (Å²) in [6.45, 7) is 2.14. The van der Waals surface area contributed by atoms with Crippen LogP contribution in [0.2, 0.25) is 0 Å². The average molecular weight is 251 g/mol. The summed E-state index contributed by atoms with van der Waals surface area (Å²) in [6, 6.07) is 14.0. The van der Waals surface area contributed by atoms with Crippen LogP contribution < -0.4 is 0 Å². The molecule has 19 heavy (non-hydrogen) atoms. The SMILES string of the molecule is O=C(/C=C/N1CCCC1)c1cc2cccccc-2c1. The van der Waals surface area contributed by atoms with E-state index in [2.05, 4.69) is 4.90 Å². The van der Waals surface area contributed by atoms with Gasteiger partial charge in [-0.3, -0.25) is 4.79 Å². The number of carbonyl (C=O) groups is 1. The van der Waals surface area contributed by atoms with E-state index in [-0.39, 0.29) is 5.78 Å². The molecule has 0 radical (unpaired) electrons. The van der Waals surface area contributed by atoms with Crippen molar-refractivity contribution in [2.75, 3.05) is 13.1 Å². The first kappa shape index (κ1) is 12.0. The molecule has 0 atom stereocenters. The summed E-state index contributed by atoms with van der Waals surface area (Å²) in [5.41, 5.74) is 3.00. The number of allylic oxidation sites excluding steroid dienone is 1. The Kier molecular flexibility index (Phi) is 3.32. The first-order chi connectivity index (χ1) is 9.33. The van der Waals surface area contributed by atoms with E-state index in [0.717, 1.165) is 29.8 Å². The average Bonchev–Trinajstić information content (AvgIpc) is 3.02. The van der Waals surface area contributed by atoms with E-state index in [4.69, 9.17) is 0 Å². The number of rotatable bonds is 3. The third-order valence-corrected chi connectivity index (χ3v) is 3.59. The normalized spacial score (nSPS) is 15.5. The van der Waals surface area contributed by atoms with E-state index in [1.807, 2.05) is 48.7 Å². The summed E-state index contributed by atoms with van der Waals surface area (Å²) in [5, 5.41) is 0. The minimum absolute atomic E-state index is 0.0887. The van der Waals surface area contributed by atoms with E-state index in [0.29, 0.717) is 0 Å². The number of fused-ring (bicyclic) bond motifs is 1. The molecule has 0 aromatic heterocycles. The minimum Gasteiger partial charge on any atom is -0.377 e. The van der Waals surface area contributed by atoms with E-state index in [1.165, 1.54) is 12.8 Å². The number of likely N-dealkylation sites (tertiary alicyclic amines) is 1. The molecule has 0 amide bonds. The van der Waals surface area contributed by atoms with Gasteiger partial charge in [-0.25, -0.2) is 0 Å². The Labute approximate surface area is 113 Å². The zero-order chi connectivity index (χ0) is 13.1. The second-order valence-corrected chi connectivity index (χ2v) is 4.99. The zero-order valence-corrected chi connectivity index (χ0v) is 10.9. The lowest BCUT2D eigenvalue weighted by atomic mass is 10.2.